The molecule has 80 valence electrons. The number of hydrogen-bond donors (Lipinski definition) is 2. The van der Waals surface area contributed by atoms with Gasteiger partial charge in [-0.15, -0.1) is 0 Å². The topological polar surface area (TPSA) is 106 Å². The second kappa shape index (κ2) is 3.95. The maximum atomic E-state index is 10.7. The van der Waals surface area contributed by atoms with Crippen molar-refractivity contribution in [2.24, 2.45) is 0 Å². The van der Waals surface area contributed by atoms with Gasteiger partial charge in [0.25, 0.3) is 5.69 Å². The Kier molecular flexibility index (Phi) is 2.89. The van der Waals surface area contributed by atoms with Crippen molar-refractivity contribution >= 4 is 17.3 Å². The highest BCUT2D eigenvalue weighted by molar-refractivity contribution is 5.96. The molecule has 0 radical (unpaired) electrons. The van der Waals surface area contributed by atoms with E-state index in [9.17, 15) is 14.9 Å². The normalized spacial score (nSPS) is 9.93. The van der Waals surface area contributed by atoms with E-state index in [2.05, 4.69) is 0 Å². The maximum absolute atomic E-state index is 10.7. The minimum absolute atomic E-state index is 0.237. The number of nitrogens with zero attached hydrogens (tertiary/aromatic N) is 1. The van der Waals surface area contributed by atoms with Crippen molar-refractivity contribution in [3.05, 3.63) is 33.4 Å². The number of nitro groups is 1. The number of carbonyl (C=O) groups is 1. The minimum atomic E-state index is -1.27. The summed E-state index contributed by atoms with van der Waals surface area (Å²) in [6, 6.07) is 2.70. The molecule has 0 fully saturated rings. The number of rotatable bonds is 3. The highest BCUT2D eigenvalue weighted by Crippen LogP contribution is 2.29. The Bertz CT molecular complexity index is 428. The van der Waals surface area contributed by atoms with E-state index in [4.69, 9.17) is 10.8 Å². The zero-order valence-corrected chi connectivity index (χ0v) is 8.06. The van der Waals surface area contributed by atoms with E-state index >= 15 is 0 Å². The first kappa shape index (κ1) is 11.0. The molecule has 1 rings (SSSR count). The molecular weight excluding hydrogens is 200 g/mol. The molecule has 0 saturated heterocycles. The number of hydrogen-bond acceptors (Lipinski definition) is 4. The third-order valence-corrected chi connectivity index (χ3v) is 2.09. The number of nitro benzene ring substituents is 1. The molecule has 3 N–H and O–H groups in total. The molecule has 0 aromatic heterocycles. The first-order valence-electron chi connectivity index (χ1n) is 4.28. The van der Waals surface area contributed by atoms with Crippen molar-refractivity contribution in [3.63, 3.8) is 0 Å². The van der Waals surface area contributed by atoms with Gasteiger partial charge in [-0.1, -0.05) is 13.0 Å². The van der Waals surface area contributed by atoms with Gasteiger partial charge in [0.2, 0.25) is 0 Å². The van der Waals surface area contributed by atoms with Crippen molar-refractivity contribution in [3.8, 4) is 0 Å². The van der Waals surface area contributed by atoms with E-state index in [1.54, 1.807) is 6.92 Å². The zero-order chi connectivity index (χ0) is 11.6. The predicted molar refractivity (Wildman–Crippen MR) is 53.8 cm³/mol. The molecule has 0 unspecified atom stereocenters. The van der Waals surface area contributed by atoms with Crippen LogP contribution in [0.5, 0.6) is 0 Å². The van der Waals surface area contributed by atoms with Crippen LogP contribution in [0.1, 0.15) is 22.8 Å². The minimum Gasteiger partial charge on any atom is -0.478 e. The SMILES string of the molecule is CCc1ccc(C(=O)O)c(N)c1[N+](=O)[O-]. The van der Waals surface area contributed by atoms with Gasteiger partial charge in [-0.3, -0.25) is 10.1 Å². The van der Waals surface area contributed by atoms with Crippen molar-refractivity contribution < 1.29 is 14.8 Å². The number of nitrogens with two attached hydrogens (primary N) is 1. The van der Waals surface area contributed by atoms with Gasteiger partial charge >= 0.3 is 5.97 Å². The Morgan fingerprint density at radius 3 is 2.60 bits per heavy atom. The summed E-state index contributed by atoms with van der Waals surface area (Å²) in [5.41, 5.74) is 5.04. The Balaban J connectivity index is 3.49. The maximum Gasteiger partial charge on any atom is 0.338 e. The fraction of sp³-hybridized carbons (Fsp3) is 0.222. The van der Waals surface area contributed by atoms with Gasteiger partial charge in [-0.05, 0) is 12.5 Å². The smallest absolute Gasteiger partial charge is 0.338 e. The van der Waals surface area contributed by atoms with Crippen LogP contribution in [0.2, 0.25) is 0 Å². The fourth-order valence-corrected chi connectivity index (χ4v) is 1.34. The van der Waals surface area contributed by atoms with Crippen LogP contribution in [0.3, 0.4) is 0 Å². The van der Waals surface area contributed by atoms with Crippen LogP contribution < -0.4 is 5.73 Å². The summed E-state index contributed by atoms with van der Waals surface area (Å²) in [7, 11) is 0. The van der Waals surface area contributed by atoms with Gasteiger partial charge in [0.15, 0.2) is 0 Å². The predicted octanol–water partition coefficient (Wildman–Crippen LogP) is 1.44. The standard InChI is InChI=1S/C9H10N2O4/c1-2-5-3-4-6(9(12)13)7(10)8(5)11(14)15/h3-4H,2,10H2,1H3,(H,12,13). The van der Waals surface area contributed by atoms with Crippen LogP contribution in [0, 0.1) is 10.1 Å². The molecule has 6 nitrogen and oxygen atoms in total. The lowest BCUT2D eigenvalue weighted by Gasteiger charge is -2.05. The number of anilines is 1. The average Bonchev–Trinajstić information content (AvgIpc) is 2.15. The van der Waals surface area contributed by atoms with Crippen LogP contribution in [0.25, 0.3) is 0 Å². The van der Waals surface area contributed by atoms with E-state index in [-0.39, 0.29) is 16.9 Å². The largest absolute Gasteiger partial charge is 0.478 e. The summed E-state index contributed by atoms with van der Waals surface area (Å²) in [4.78, 5) is 20.8. The molecule has 0 aliphatic rings. The van der Waals surface area contributed by atoms with Crippen LogP contribution in [-0.4, -0.2) is 16.0 Å². The van der Waals surface area contributed by atoms with Crippen molar-refractivity contribution in [2.45, 2.75) is 13.3 Å². The molecule has 0 aliphatic heterocycles. The molecule has 0 heterocycles. The Morgan fingerprint density at radius 2 is 2.20 bits per heavy atom. The van der Waals surface area contributed by atoms with Crippen molar-refractivity contribution in [1.29, 1.82) is 0 Å². The zero-order valence-electron chi connectivity index (χ0n) is 8.06. The number of carboxylic acids is 1. The van der Waals surface area contributed by atoms with Gasteiger partial charge in [-0.2, -0.15) is 0 Å². The quantitative estimate of drug-likeness (QED) is 0.446. The van der Waals surface area contributed by atoms with E-state index in [0.29, 0.717) is 12.0 Å². The summed E-state index contributed by atoms with van der Waals surface area (Å²) in [5.74, 6) is -1.27. The number of nitrogen functional groups attached to an aromatic ring is 1. The molecule has 0 aliphatic carbocycles. The second-order valence-corrected chi connectivity index (χ2v) is 2.95. The molecule has 15 heavy (non-hydrogen) atoms. The molecule has 1 aromatic carbocycles. The highest BCUT2D eigenvalue weighted by Gasteiger charge is 2.22. The Hall–Kier alpha value is -2.11. The number of carboxylic acid groups (broad SMARTS) is 1. The van der Waals surface area contributed by atoms with E-state index < -0.39 is 10.9 Å². The molecule has 1 aromatic rings. The summed E-state index contributed by atoms with van der Waals surface area (Å²) in [6.07, 6.45) is 0.431. The molecule has 0 saturated carbocycles. The van der Waals surface area contributed by atoms with Crippen LogP contribution in [0.4, 0.5) is 11.4 Å². The highest BCUT2D eigenvalue weighted by atomic mass is 16.6. The number of aryl methyl sites for hydroxylation is 1. The molecule has 0 atom stereocenters. The Morgan fingerprint density at radius 1 is 1.60 bits per heavy atom. The molecule has 0 bridgehead atoms. The fourth-order valence-electron chi connectivity index (χ4n) is 1.34. The van der Waals surface area contributed by atoms with E-state index in [1.807, 2.05) is 0 Å². The monoisotopic (exact) mass is 210 g/mol. The molecule has 0 amide bonds. The first-order valence-corrected chi connectivity index (χ1v) is 4.28. The lowest BCUT2D eigenvalue weighted by atomic mass is 10.0. The van der Waals surface area contributed by atoms with Gasteiger partial charge in [0.05, 0.1) is 10.5 Å². The number of aromatic carboxylic acids is 1. The second-order valence-electron chi connectivity index (χ2n) is 2.95. The van der Waals surface area contributed by atoms with Gasteiger partial charge in [0.1, 0.15) is 5.69 Å². The van der Waals surface area contributed by atoms with Gasteiger partial charge in [-0.25, -0.2) is 4.79 Å². The molecular formula is C9H10N2O4. The lowest BCUT2D eigenvalue weighted by molar-refractivity contribution is -0.384. The third kappa shape index (κ3) is 1.88. The average molecular weight is 210 g/mol. The molecule has 0 spiro atoms. The molecule has 6 heteroatoms. The van der Waals surface area contributed by atoms with Crippen LogP contribution in [0.15, 0.2) is 12.1 Å². The van der Waals surface area contributed by atoms with Crippen LogP contribution >= 0.6 is 0 Å². The van der Waals surface area contributed by atoms with Crippen molar-refractivity contribution in [1.82, 2.24) is 0 Å². The van der Waals surface area contributed by atoms with Gasteiger partial charge in [0, 0.05) is 5.56 Å². The van der Waals surface area contributed by atoms with Crippen molar-refractivity contribution in [2.75, 3.05) is 5.73 Å². The first-order chi connectivity index (χ1) is 6.99. The third-order valence-electron chi connectivity index (χ3n) is 2.09. The summed E-state index contributed by atoms with van der Waals surface area (Å²) < 4.78 is 0. The lowest BCUT2D eigenvalue weighted by Crippen LogP contribution is -2.07. The van der Waals surface area contributed by atoms with E-state index in [1.165, 1.54) is 12.1 Å². The summed E-state index contributed by atoms with van der Waals surface area (Å²) in [5, 5.41) is 19.4. The van der Waals surface area contributed by atoms with E-state index in [0.717, 1.165) is 0 Å². The number of benzene rings is 1. The Labute approximate surface area is 85.5 Å². The van der Waals surface area contributed by atoms with Crippen LogP contribution in [-0.2, 0) is 6.42 Å². The summed E-state index contributed by atoms with van der Waals surface area (Å²) in [6.45, 7) is 1.74. The summed E-state index contributed by atoms with van der Waals surface area (Å²) >= 11 is 0. The van der Waals surface area contributed by atoms with Gasteiger partial charge < -0.3 is 10.8 Å².